The number of carbonyl (C=O) groups excluding carboxylic acids is 1. The van der Waals surface area contributed by atoms with Crippen LogP contribution < -0.4 is 15.4 Å². The van der Waals surface area contributed by atoms with Crippen LogP contribution in [0.15, 0.2) is 30.3 Å². The van der Waals surface area contributed by atoms with Gasteiger partial charge < -0.3 is 15.4 Å². The molecular weight excluding hydrogens is 375 g/mol. The molecule has 0 saturated heterocycles. The van der Waals surface area contributed by atoms with E-state index in [0.29, 0.717) is 22.9 Å². The first-order valence-electron chi connectivity index (χ1n) is 9.50. The number of H-pyrrole nitrogens is 1. The molecule has 1 aliphatic heterocycles. The van der Waals surface area contributed by atoms with E-state index < -0.39 is 11.4 Å². The average molecular weight is 394 g/mol. The van der Waals surface area contributed by atoms with Crippen molar-refractivity contribution in [3.05, 3.63) is 47.3 Å². The summed E-state index contributed by atoms with van der Waals surface area (Å²) in [6.07, 6.45) is 3.74. The molecule has 9 heteroatoms. The minimum atomic E-state index is -0.465. The Hall–Kier alpha value is -3.49. The number of aromatic amines is 1. The third kappa shape index (κ3) is 2.89. The highest BCUT2D eigenvalue weighted by Gasteiger charge is 2.44. The summed E-state index contributed by atoms with van der Waals surface area (Å²) in [4.78, 5) is 12.3. The summed E-state index contributed by atoms with van der Waals surface area (Å²) < 4.78 is 20.2. The Bertz CT molecular complexity index is 1090. The van der Waals surface area contributed by atoms with Crippen molar-refractivity contribution in [2.45, 2.75) is 38.1 Å². The first-order chi connectivity index (χ1) is 14.1. The number of aromatic nitrogens is 4. The third-order valence-electron chi connectivity index (χ3n) is 5.66. The van der Waals surface area contributed by atoms with E-state index in [1.165, 1.54) is 12.1 Å². The first kappa shape index (κ1) is 17.6. The molecule has 0 atom stereocenters. The molecule has 3 aromatic rings. The highest BCUT2D eigenvalue weighted by atomic mass is 19.1. The van der Waals surface area contributed by atoms with E-state index in [4.69, 9.17) is 4.74 Å². The van der Waals surface area contributed by atoms with Crippen LogP contribution in [-0.4, -0.2) is 26.7 Å². The molecule has 148 valence electrons. The fraction of sp³-hybridized carbons (Fsp3) is 0.300. The summed E-state index contributed by atoms with van der Waals surface area (Å²) in [5.74, 6) is 0.916. The van der Waals surface area contributed by atoms with Crippen molar-refractivity contribution in [3.8, 4) is 22.9 Å². The lowest BCUT2D eigenvalue weighted by molar-refractivity contribution is 0.232. The lowest BCUT2D eigenvalue weighted by Crippen LogP contribution is -2.50. The Labute approximate surface area is 165 Å². The fourth-order valence-corrected chi connectivity index (χ4v) is 4.36. The molecule has 2 heterocycles. The lowest BCUT2D eigenvalue weighted by atomic mass is 9.83. The van der Waals surface area contributed by atoms with E-state index in [-0.39, 0.29) is 6.03 Å². The van der Waals surface area contributed by atoms with E-state index >= 15 is 0 Å². The molecule has 1 spiro atoms. The van der Waals surface area contributed by atoms with Crippen LogP contribution in [0.4, 0.5) is 14.9 Å². The number of tetrazole rings is 1. The third-order valence-corrected chi connectivity index (χ3v) is 5.66. The number of halogens is 1. The van der Waals surface area contributed by atoms with Gasteiger partial charge in [0.15, 0.2) is 5.82 Å². The predicted molar refractivity (Wildman–Crippen MR) is 103 cm³/mol. The average Bonchev–Trinajstić information content (AvgIpc) is 3.38. The van der Waals surface area contributed by atoms with Crippen molar-refractivity contribution in [1.82, 2.24) is 25.9 Å². The molecule has 5 rings (SSSR count). The van der Waals surface area contributed by atoms with Gasteiger partial charge >= 0.3 is 6.03 Å². The minimum Gasteiger partial charge on any atom is -0.456 e. The number of ether oxygens (including phenoxy) is 1. The van der Waals surface area contributed by atoms with Gasteiger partial charge in [-0.3, -0.25) is 0 Å². The number of nitrogens with one attached hydrogen (secondary N) is 3. The summed E-state index contributed by atoms with van der Waals surface area (Å²) in [5, 5.41) is 19.7. The van der Waals surface area contributed by atoms with Gasteiger partial charge in [0.05, 0.1) is 16.8 Å². The van der Waals surface area contributed by atoms with Crippen LogP contribution in [0.1, 0.15) is 36.8 Å². The molecule has 2 aliphatic rings. The lowest BCUT2D eigenvalue weighted by Gasteiger charge is -2.38. The van der Waals surface area contributed by atoms with Crippen molar-refractivity contribution in [2.24, 2.45) is 0 Å². The summed E-state index contributed by atoms with van der Waals surface area (Å²) in [6.45, 7) is 1.96. The van der Waals surface area contributed by atoms with Crippen LogP contribution in [-0.2, 0) is 5.54 Å². The van der Waals surface area contributed by atoms with Crippen molar-refractivity contribution >= 4 is 11.7 Å². The van der Waals surface area contributed by atoms with E-state index in [1.807, 2.05) is 19.1 Å². The molecule has 3 N–H and O–H groups in total. The van der Waals surface area contributed by atoms with E-state index in [1.54, 1.807) is 6.07 Å². The maximum Gasteiger partial charge on any atom is 0.319 e. The molecule has 0 bridgehead atoms. The highest BCUT2D eigenvalue weighted by Crippen LogP contribution is 2.50. The van der Waals surface area contributed by atoms with Gasteiger partial charge in [0.25, 0.3) is 0 Å². The number of anilines is 1. The van der Waals surface area contributed by atoms with Gasteiger partial charge in [0.2, 0.25) is 0 Å². The van der Waals surface area contributed by atoms with Gasteiger partial charge in [0, 0.05) is 5.56 Å². The van der Waals surface area contributed by atoms with E-state index in [0.717, 1.165) is 42.5 Å². The maximum atomic E-state index is 13.9. The SMILES string of the molecule is Cc1ccc(Oc2ccc(F)cc2-c2nnn[nH]2)c2c1NC(=O)NC21CCCC1. The second-order valence-electron chi connectivity index (χ2n) is 7.49. The molecule has 1 fully saturated rings. The van der Waals surface area contributed by atoms with E-state index in [2.05, 4.69) is 31.3 Å². The maximum absolute atomic E-state index is 13.9. The first-order valence-corrected chi connectivity index (χ1v) is 9.50. The second kappa shape index (κ2) is 6.54. The predicted octanol–water partition coefficient (Wildman–Crippen LogP) is 4.01. The van der Waals surface area contributed by atoms with Crippen LogP contribution in [0.5, 0.6) is 11.5 Å². The Kier molecular flexibility index (Phi) is 3.97. The van der Waals surface area contributed by atoms with E-state index in [9.17, 15) is 9.18 Å². The standard InChI is InChI=1S/C20H19FN6O2/c1-11-4-6-15(16-17(11)22-19(28)23-20(16)8-2-3-9-20)29-14-7-5-12(21)10-13(14)18-24-26-27-25-18/h4-7,10H,2-3,8-9H2,1H3,(H2,22,23,28)(H,24,25,26,27). The number of benzene rings is 2. The smallest absolute Gasteiger partial charge is 0.319 e. The summed E-state index contributed by atoms with van der Waals surface area (Å²) in [6, 6.07) is 7.80. The summed E-state index contributed by atoms with van der Waals surface area (Å²) in [7, 11) is 0. The molecule has 29 heavy (non-hydrogen) atoms. The number of urea groups is 1. The van der Waals surface area contributed by atoms with Gasteiger partial charge in [0.1, 0.15) is 17.3 Å². The Morgan fingerprint density at radius 1 is 1.14 bits per heavy atom. The normalized spacial score (nSPS) is 17.0. The largest absolute Gasteiger partial charge is 0.456 e. The molecule has 8 nitrogen and oxygen atoms in total. The molecule has 2 amide bonds. The summed E-state index contributed by atoms with van der Waals surface area (Å²) >= 11 is 0. The molecular formula is C20H19FN6O2. The Morgan fingerprint density at radius 2 is 1.93 bits per heavy atom. The molecule has 0 unspecified atom stereocenters. The zero-order valence-corrected chi connectivity index (χ0v) is 15.8. The topological polar surface area (TPSA) is 105 Å². The Balaban J connectivity index is 1.65. The molecule has 1 saturated carbocycles. The number of nitrogens with zero attached hydrogens (tertiary/aromatic N) is 3. The summed E-state index contributed by atoms with van der Waals surface area (Å²) in [5.41, 5.74) is 2.62. The van der Waals surface area contributed by atoms with Gasteiger partial charge in [-0.25, -0.2) is 14.3 Å². The number of hydrogen-bond acceptors (Lipinski definition) is 5. The molecule has 0 radical (unpaired) electrons. The van der Waals surface area contributed by atoms with Crippen LogP contribution in [0.2, 0.25) is 0 Å². The minimum absolute atomic E-state index is 0.199. The number of amides is 2. The second-order valence-corrected chi connectivity index (χ2v) is 7.49. The quantitative estimate of drug-likeness (QED) is 0.623. The molecule has 1 aliphatic carbocycles. The fourth-order valence-electron chi connectivity index (χ4n) is 4.36. The van der Waals surface area contributed by atoms with Crippen LogP contribution in [0.25, 0.3) is 11.4 Å². The van der Waals surface area contributed by atoms with Gasteiger partial charge in [-0.15, -0.1) is 5.10 Å². The van der Waals surface area contributed by atoms with Crippen molar-refractivity contribution in [1.29, 1.82) is 0 Å². The number of rotatable bonds is 3. The van der Waals surface area contributed by atoms with Crippen molar-refractivity contribution < 1.29 is 13.9 Å². The van der Waals surface area contributed by atoms with Gasteiger partial charge in [-0.1, -0.05) is 18.9 Å². The monoisotopic (exact) mass is 394 g/mol. The zero-order valence-electron chi connectivity index (χ0n) is 15.8. The number of fused-ring (bicyclic) bond motifs is 2. The van der Waals surface area contributed by atoms with Gasteiger partial charge in [-0.2, -0.15) is 0 Å². The highest BCUT2D eigenvalue weighted by molar-refractivity contribution is 5.95. The van der Waals surface area contributed by atoms with Crippen molar-refractivity contribution in [2.75, 3.05) is 5.32 Å². The zero-order chi connectivity index (χ0) is 20.0. The number of aryl methyl sites for hydroxylation is 1. The molecule has 2 aromatic carbocycles. The number of carbonyl (C=O) groups is 1. The van der Waals surface area contributed by atoms with Crippen molar-refractivity contribution in [3.63, 3.8) is 0 Å². The Morgan fingerprint density at radius 3 is 2.69 bits per heavy atom. The van der Waals surface area contributed by atoms with Crippen LogP contribution >= 0.6 is 0 Å². The van der Waals surface area contributed by atoms with Crippen LogP contribution in [0.3, 0.4) is 0 Å². The van der Waals surface area contributed by atoms with Crippen LogP contribution in [0, 0.1) is 12.7 Å². The molecule has 1 aromatic heterocycles. The number of hydrogen-bond donors (Lipinski definition) is 3. The van der Waals surface area contributed by atoms with Gasteiger partial charge in [-0.05, 0) is 60.0 Å².